The van der Waals surface area contributed by atoms with E-state index in [-0.39, 0.29) is 28.6 Å². The van der Waals surface area contributed by atoms with E-state index in [9.17, 15) is 9.18 Å². The number of carbonyl (C=O) groups excluding carboxylic acids is 1. The van der Waals surface area contributed by atoms with Crippen LogP contribution in [0.5, 0.6) is 11.6 Å². The number of halogens is 2. The molecule has 0 saturated carbocycles. The Kier molecular flexibility index (Phi) is 5.29. The lowest BCUT2D eigenvalue weighted by Gasteiger charge is -2.40. The van der Waals surface area contributed by atoms with E-state index in [2.05, 4.69) is 36.6 Å². The highest BCUT2D eigenvalue weighted by atomic mass is 35.5. The van der Waals surface area contributed by atoms with Crippen molar-refractivity contribution in [2.24, 2.45) is 0 Å². The number of carbonyl (C=O) groups is 1. The van der Waals surface area contributed by atoms with Crippen molar-refractivity contribution in [3.05, 3.63) is 54.3 Å². The molecule has 1 N–H and O–H groups in total. The van der Waals surface area contributed by atoms with E-state index >= 15 is 0 Å². The highest BCUT2D eigenvalue weighted by Crippen LogP contribution is 2.39. The number of anilines is 1. The second kappa shape index (κ2) is 8.28. The topological polar surface area (TPSA) is 100 Å². The summed E-state index contributed by atoms with van der Waals surface area (Å²) in [7, 11) is 0. The van der Waals surface area contributed by atoms with Crippen LogP contribution in [0.15, 0.2) is 43.5 Å². The molecular formula is C22H19ClFN7O2. The number of rotatable bonds is 4. The van der Waals surface area contributed by atoms with Crippen molar-refractivity contribution in [3.63, 3.8) is 0 Å². The summed E-state index contributed by atoms with van der Waals surface area (Å²) in [5.41, 5.74) is 0.903. The first-order valence-corrected chi connectivity index (χ1v) is 10.6. The Morgan fingerprint density at radius 3 is 2.97 bits per heavy atom. The monoisotopic (exact) mass is 467 g/mol. The van der Waals surface area contributed by atoms with Gasteiger partial charge in [0.15, 0.2) is 5.75 Å². The van der Waals surface area contributed by atoms with Gasteiger partial charge in [0, 0.05) is 43.3 Å². The molecule has 4 aromatic rings. The van der Waals surface area contributed by atoms with Crippen molar-refractivity contribution in [2.75, 3.05) is 24.5 Å². The van der Waals surface area contributed by atoms with Gasteiger partial charge in [-0.15, -0.1) is 0 Å². The van der Waals surface area contributed by atoms with Gasteiger partial charge in [0.05, 0.1) is 17.1 Å². The molecule has 1 amide bonds. The SMILES string of the molecule is C=CC(=O)N1CCN(c2ncnc3c(Oc4c(Cl)c(F)cc5[nH]ncc45)nccc23)C[C@@H]1C. The number of ether oxygens (including phenoxy) is 1. The van der Waals surface area contributed by atoms with Gasteiger partial charge in [-0.05, 0) is 19.1 Å². The third kappa shape index (κ3) is 3.62. The third-order valence-electron chi connectivity index (χ3n) is 5.68. The molecule has 1 saturated heterocycles. The summed E-state index contributed by atoms with van der Waals surface area (Å²) in [5.74, 6) is 0.237. The number of aromatic nitrogens is 5. The maximum absolute atomic E-state index is 14.3. The van der Waals surface area contributed by atoms with E-state index in [1.807, 2.05) is 6.92 Å². The summed E-state index contributed by atoms with van der Waals surface area (Å²) in [6.07, 6.45) is 5.84. The average Bonchev–Trinajstić information content (AvgIpc) is 3.29. The van der Waals surface area contributed by atoms with E-state index in [4.69, 9.17) is 16.3 Å². The van der Waals surface area contributed by atoms with Crippen LogP contribution in [0.3, 0.4) is 0 Å². The van der Waals surface area contributed by atoms with E-state index in [0.29, 0.717) is 47.3 Å². The molecule has 33 heavy (non-hydrogen) atoms. The zero-order valence-electron chi connectivity index (χ0n) is 17.6. The van der Waals surface area contributed by atoms with Crippen molar-refractivity contribution in [3.8, 4) is 11.6 Å². The summed E-state index contributed by atoms with van der Waals surface area (Å²) in [5, 5.41) is 7.71. The minimum atomic E-state index is -0.639. The molecule has 1 aliphatic rings. The largest absolute Gasteiger partial charge is 0.434 e. The van der Waals surface area contributed by atoms with Gasteiger partial charge >= 0.3 is 0 Å². The number of H-pyrrole nitrogens is 1. The number of hydrogen-bond donors (Lipinski definition) is 1. The normalized spacial score (nSPS) is 16.4. The summed E-state index contributed by atoms with van der Waals surface area (Å²) in [6.45, 7) is 7.29. The molecule has 0 unspecified atom stereocenters. The van der Waals surface area contributed by atoms with Gasteiger partial charge in [0.1, 0.15) is 28.5 Å². The smallest absolute Gasteiger partial charge is 0.246 e. The molecule has 1 aliphatic heterocycles. The fraction of sp³-hybridized carbons (Fsp3) is 0.227. The second-order valence-electron chi connectivity index (χ2n) is 7.68. The van der Waals surface area contributed by atoms with Crippen molar-refractivity contribution in [1.29, 1.82) is 0 Å². The first kappa shape index (κ1) is 21.1. The molecular weight excluding hydrogens is 449 g/mol. The zero-order chi connectivity index (χ0) is 23.1. The van der Waals surface area contributed by atoms with Crippen LogP contribution in [0.1, 0.15) is 6.92 Å². The first-order valence-electron chi connectivity index (χ1n) is 10.2. The van der Waals surface area contributed by atoms with Crippen LogP contribution >= 0.6 is 11.6 Å². The van der Waals surface area contributed by atoms with E-state index < -0.39 is 5.82 Å². The summed E-state index contributed by atoms with van der Waals surface area (Å²) in [6, 6.07) is 3.03. The lowest BCUT2D eigenvalue weighted by molar-refractivity contribution is -0.128. The molecule has 0 spiro atoms. The lowest BCUT2D eigenvalue weighted by Crippen LogP contribution is -2.54. The standard InChI is InChI=1S/C22H19ClFN7O2/c1-3-17(32)31-7-6-30(10-12(31)2)21-13-4-5-25-22(19(13)26-11-27-21)33-20-14-9-28-29-16(14)8-15(24)18(20)23/h3-5,8-9,11-12H,1,6-7,10H2,2H3,(H,28,29)/t12-/m0/s1. The molecule has 0 radical (unpaired) electrons. The second-order valence-corrected chi connectivity index (χ2v) is 8.05. The molecule has 0 aliphatic carbocycles. The van der Waals surface area contributed by atoms with Crippen LogP contribution in [0.4, 0.5) is 10.2 Å². The van der Waals surface area contributed by atoms with Crippen LogP contribution in [0.2, 0.25) is 5.02 Å². The first-order chi connectivity index (χ1) is 16.0. The van der Waals surface area contributed by atoms with Gasteiger partial charge in [-0.2, -0.15) is 5.10 Å². The molecule has 0 bridgehead atoms. The fourth-order valence-corrected chi connectivity index (χ4v) is 4.27. The molecule has 1 aromatic carbocycles. The van der Waals surface area contributed by atoms with E-state index in [1.54, 1.807) is 17.2 Å². The third-order valence-corrected chi connectivity index (χ3v) is 6.03. The molecule has 168 valence electrons. The van der Waals surface area contributed by atoms with Crippen molar-refractivity contribution in [2.45, 2.75) is 13.0 Å². The zero-order valence-corrected chi connectivity index (χ0v) is 18.4. The number of nitrogens with zero attached hydrogens (tertiary/aromatic N) is 6. The quantitative estimate of drug-likeness (QED) is 0.456. The van der Waals surface area contributed by atoms with Crippen LogP contribution in [-0.2, 0) is 4.79 Å². The van der Waals surface area contributed by atoms with Crippen LogP contribution < -0.4 is 9.64 Å². The predicted molar refractivity (Wildman–Crippen MR) is 122 cm³/mol. The van der Waals surface area contributed by atoms with Crippen LogP contribution in [0, 0.1) is 5.82 Å². The Labute approximate surface area is 192 Å². The lowest BCUT2D eigenvalue weighted by atomic mass is 10.1. The number of nitrogens with one attached hydrogen (secondary N) is 1. The molecule has 1 fully saturated rings. The van der Waals surface area contributed by atoms with Crippen LogP contribution in [-0.4, -0.2) is 61.6 Å². The van der Waals surface area contributed by atoms with E-state index in [0.717, 1.165) is 0 Å². The Morgan fingerprint density at radius 2 is 2.18 bits per heavy atom. The number of fused-ring (bicyclic) bond motifs is 2. The Balaban J connectivity index is 1.53. The number of benzene rings is 1. The van der Waals surface area contributed by atoms with Crippen molar-refractivity contribution in [1.82, 2.24) is 30.0 Å². The van der Waals surface area contributed by atoms with Gasteiger partial charge in [0.25, 0.3) is 0 Å². The maximum atomic E-state index is 14.3. The molecule has 9 nitrogen and oxygen atoms in total. The highest BCUT2D eigenvalue weighted by Gasteiger charge is 2.28. The summed E-state index contributed by atoms with van der Waals surface area (Å²) in [4.78, 5) is 29.1. The van der Waals surface area contributed by atoms with Gasteiger partial charge in [-0.25, -0.2) is 19.3 Å². The fourth-order valence-electron chi connectivity index (χ4n) is 4.07. The van der Waals surface area contributed by atoms with Crippen molar-refractivity contribution >= 4 is 45.1 Å². The molecule has 1 atom stereocenters. The molecule has 3 aromatic heterocycles. The van der Waals surface area contributed by atoms with Crippen molar-refractivity contribution < 1.29 is 13.9 Å². The number of pyridine rings is 1. The minimum Gasteiger partial charge on any atom is -0.434 e. The Hall–Kier alpha value is -3.79. The number of hydrogen-bond acceptors (Lipinski definition) is 7. The number of amides is 1. The number of aromatic amines is 1. The highest BCUT2D eigenvalue weighted by molar-refractivity contribution is 6.33. The van der Waals surface area contributed by atoms with Gasteiger partial charge in [-0.1, -0.05) is 18.2 Å². The molecule has 4 heterocycles. The predicted octanol–water partition coefficient (Wildman–Crippen LogP) is 3.71. The van der Waals surface area contributed by atoms with Gasteiger partial charge in [-0.3, -0.25) is 9.89 Å². The van der Waals surface area contributed by atoms with Gasteiger partial charge < -0.3 is 14.5 Å². The van der Waals surface area contributed by atoms with Crippen LogP contribution in [0.25, 0.3) is 21.8 Å². The molecule has 11 heteroatoms. The Morgan fingerprint density at radius 1 is 1.33 bits per heavy atom. The molecule has 5 rings (SSSR count). The summed E-state index contributed by atoms with van der Waals surface area (Å²) >= 11 is 6.20. The maximum Gasteiger partial charge on any atom is 0.246 e. The Bertz CT molecular complexity index is 1390. The van der Waals surface area contributed by atoms with E-state index in [1.165, 1.54) is 24.7 Å². The minimum absolute atomic E-state index is 0.0210. The summed E-state index contributed by atoms with van der Waals surface area (Å²) < 4.78 is 20.3. The average molecular weight is 468 g/mol. The number of piperazine rings is 1. The van der Waals surface area contributed by atoms with Gasteiger partial charge in [0.2, 0.25) is 11.8 Å².